The van der Waals surface area contributed by atoms with Crippen LogP contribution in [0.4, 0.5) is 11.8 Å². The van der Waals surface area contributed by atoms with Gasteiger partial charge < -0.3 is 10.4 Å². The van der Waals surface area contributed by atoms with Gasteiger partial charge in [-0.3, -0.25) is 4.21 Å². The van der Waals surface area contributed by atoms with E-state index in [1.54, 1.807) is 0 Å². The molecule has 178 valence electrons. The number of halogens is 1. The van der Waals surface area contributed by atoms with Gasteiger partial charge in [-0.05, 0) is 68.6 Å². The van der Waals surface area contributed by atoms with E-state index in [0.717, 1.165) is 44.2 Å². The van der Waals surface area contributed by atoms with Crippen molar-refractivity contribution in [3.05, 3.63) is 40.5 Å². The highest BCUT2D eigenvalue weighted by Gasteiger charge is 2.38. The highest BCUT2D eigenvalue weighted by atomic mass is 35.5. The Morgan fingerprint density at radius 1 is 1.18 bits per heavy atom. The van der Waals surface area contributed by atoms with Crippen molar-refractivity contribution < 1.29 is 13.5 Å². The van der Waals surface area contributed by atoms with Crippen LogP contribution in [0.2, 0.25) is 5.02 Å². The lowest BCUT2D eigenvalue weighted by molar-refractivity contribution is 0.143. The Balaban J connectivity index is 1.43. The molecule has 2 fully saturated rings. The number of nitrogens with zero attached hydrogens (tertiary/aromatic N) is 3. The molecule has 2 N–H and O–H groups in total. The molecular weight excluding hydrogens is 480 g/mol. The van der Waals surface area contributed by atoms with Crippen LogP contribution in [-0.2, 0) is 26.9 Å². The van der Waals surface area contributed by atoms with Gasteiger partial charge in [0.25, 0.3) is 5.95 Å². The molecule has 0 unspecified atom stereocenters. The average Bonchev–Trinajstić information content (AvgIpc) is 2.77. The number of nitrogens with one attached hydrogen (secondary N) is 1. The van der Waals surface area contributed by atoms with Gasteiger partial charge in [0.05, 0.1) is 38.4 Å². The molecule has 3 heterocycles. The minimum atomic E-state index is -2.47. The SMILES string of the molecule is O=[S@]1CCCc2nc(N=S3(=O)CCC(c4ccc(Cl)cc4)CC3)nc(NC3(CO)CCC3)c21. The zero-order chi connectivity index (χ0) is 23.1. The maximum atomic E-state index is 13.6. The Bertz CT molecular complexity index is 1170. The molecule has 0 spiro atoms. The van der Waals surface area contributed by atoms with Gasteiger partial charge in [0.15, 0.2) is 0 Å². The Morgan fingerprint density at radius 2 is 1.91 bits per heavy atom. The van der Waals surface area contributed by atoms with Gasteiger partial charge in [-0.25, -0.2) is 9.19 Å². The van der Waals surface area contributed by atoms with Crippen molar-refractivity contribution in [3.8, 4) is 0 Å². The molecule has 1 atom stereocenters. The van der Waals surface area contributed by atoms with Crippen LogP contribution in [0.25, 0.3) is 0 Å². The van der Waals surface area contributed by atoms with E-state index >= 15 is 0 Å². The minimum absolute atomic E-state index is 0.00623. The molecule has 5 rings (SSSR count). The molecule has 1 aromatic carbocycles. The van der Waals surface area contributed by atoms with Crippen LogP contribution in [0, 0.1) is 0 Å². The monoisotopic (exact) mass is 508 g/mol. The van der Waals surface area contributed by atoms with E-state index in [1.165, 1.54) is 5.56 Å². The number of aryl methyl sites for hydroxylation is 1. The van der Waals surface area contributed by atoms with Crippen molar-refractivity contribution in [2.75, 3.05) is 29.2 Å². The first-order valence-corrected chi connectivity index (χ1v) is 15.1. The Labute approximate surface area is 202 Å². The van der Waals surface area contributed by atoms with E-state index in [1.807, 2.05) is 24.3 Å². The number of aliphatic hydroxyl groups is 1. The molecule has 0 radical (unpaired) electrons. The Kier molecular flexibility index (Phi) is 6.50. The summed E-state index contributed by atoms with van der Waals surface area (Å²) in [6, 6.07) is 7.88. The molecule has 1 aromatic heterocycles. The van der Waals surface area contributed by atoms with Gasteiger partial charge in [-0.1, -0.05) is 23.7 Å². The number of aliphatic hydroxyl groups excluding tert-OH is 1. The normalized spacial score (nSPS) is 28.4. The van der Waals surface area contributed by atoms with E-state index in [4.69, 9.17) is 11.6 Å². The minimum Gasteiger partial charge on any atom is -0.394 e. The van der Waals surface area contributed by atoms with Crippen LogP contribution in [0.1, 0.15) is 55.7 Å². The molecule has 0 bridgehead atoms. The number of fused-ring (bicyclic) bond motifs is 1. The summed E-state index contributed by atoms with van der Waals surface area (Å²) in [6.07, 6.45) is 5.78. The first-order chi connectivity index (χ1) is 15.9. The average molecular weight is 509 g/mol. The van der Waals surface area contributed by atoms with Crippen LogP contribution >= 0.6 is 11.6 Å². The molecule has 1 saturated heterocycles. The van der Waals surface area contributed by atoms with E-state index in [9.17, 15) is 13.5 Å². The molecule has 7 nitrogen and oxygen atoms in total. The van der Waals surface area contributed by atoms with E-state index in [-0.39, 0.29) is 12.6 Å². The second-order valence-electron chi connectivity index (χ2n) is 9.32. The van der Waals surface area contributed by atoms with Crippen molar-refractivity contribution >= 4 is 43.9 Å². The maximum absolute atomic E-state index is 13.6. The van der Waals surface area contributed by atoms with Crippen molar-refractivity contribution in [1.29, 1.82) is 0 Å². The highest BCUT2D eigenvalue weighted by Crippen LogP contribution is 2.38. The largest absolute Gasteiger partial charge is 0.394 e. The predicted molar refractivity (Wildman–Crippen MR) is 132 cm³/mol. The third kappa shape index (κ3) is 4.83. The standard InChI is InChI=1S/C23H29ClN4O3S2/c24-18-6-4-16(5-7-18)17-8-13-33(31,14-9-17)28-22-25-19-3-1-12-32(30)20(19)21(26-22)27-23(15-29)10-2-11-23/h4-7,17,29H,1-3,8-15H2,(H,25,26,27)/t17?,32-,33?/m0/s1. The third-order valence-corrected chi connectivity index (χ3v) is 11.1. The molecule has 2 aliphatic heterocycles. The van der Waals surface area contributed by atoms with Crippen molar-refractivity contribution in [3.63, 3.8) is 0 Å². The zero-order valence-corrected chi connectivity index (χ0v) is 20.9. The van der Waals surface area contributed by atoms with Crippen molar-refractivity contribution in [2.45, 2.75) is 61.3 Å². The van der Waals surface area contributed by atoms with Crippen LogP contribution in [0.5, 0.6) is 0 Å². The summed E-state index contributed by atoms with van der Waals surface area (Å²) in [4.78, 5) is 9.80. The van der Waals surface area contributed by atoms with Crippen LogP contribution in [0.3, 0.4) is 0 Å². The number of hydrogen-bond donors (Lipinski definition) is 2. The highest BCUT2D eigenvalue weighted by molar-refractivity contribution is 7.93. The summed E-state index contributed by atoms with van der Waals surface area (Å²) in [5.41, 5.74) is 1.51. The summed E-state index contributed by atoms with van der Waals surface area (Å²) >= 11 is 6.01. The number of anilines is 1. The van der Waals surface area contributed by atoms with Gasteiger partial charge in [0.2, 0.25) is 0 Å². The summed E-state index contributed by atoms with van der Waals surface area (Å²) in [5, 5.41) is 14.0. The van der Waals surface area contributed by atoms with Gasteiger partial charge in [0.1, 0.15) is 10.7 Å². The molecule has 1 saturated carbocycles. The third-order valence-electron chi connectivity index (χ3n) is 7.05. The maximum Gasteiger partial charge on any atom is 0.259 e. The lowest BCUT2D eigenvalue weighted by atomic mass is 9.77. The smallest absolute Gasteiger partial charge is 0.259 e. The number of aromatic nitrogens is 2. The Morgan fingerprint density at radius 3 is 2.55 bits per heavy atom. The van der Waals surface area contributed by atoms with E-state index in [0.29, 0.717) is 45.3 Å². The molecular formula is C23H29ClN4O3S2. The fourth-order valence-electron chi connectivity index (χ4n) is 4.88. The second kappa shape index (κ2) is 9.24. The quantitative estimate of drug-likeness (QED) is 0.627. The van der Waals surface area contributed by atoms with Crippen molar-refractivity contribution in [2.24, 2.45) is 4.36 Å². The predicted octanol–water partition coefficient (Wildman–Crippen LogP) is 4.19. The van der Waals surface area contributed by atoms with Gasteiger partial charge in [-0.2, -0.15) is 9.35 Å². The second-order valence-corrected chi connectivity index (χ2v) is 13.8. The molecule has 10 heteroatoms. The zero-order valence-electron chi connectivity index (χ0n) is 18.5. The molecule has 0 amide bonds. The lowest BCUT2D eigenvalue weighted by Crippen LogP contribution is -2.48. The van der Waals surface area contributed by atoms with Crippen LogP contribution in [-0.4, -0.2) is 52.9 Å². The fourth-order valence-corrected chi connectivity index (χ4v) is 8.41. The summed E-state index contributed by atoms with van der Waals surface area (Å²) < 4.78 is 30.9. The van der Waals surface area contributed by atoms with Gasteiger partial charge in [-0.15, -0.1) is 0 Å². The van der Waals surface area contributed by atoms with Crippen LogP contribution in [0.15, 0.2) is 33.5 Å². The topological polar surface area (TPSA) is 105 Å². The molecule has 2 aromatic rings. The van der Waals surface area contributed by atoms with E-state index in [2.05, 4.69) is 19.6 Å². The van der Waals surface area contributed by atoms with E-state index < -0.39 is 26.1 Å². The van der Waals surface area contributed by atoms with Gasteiger partial charge >= 0.3 is 0 Å². The first-order valence-electron chi connectivity index (χ1n) is 11.6. The molecule has 1 aliphatic carbocycles. The van der Waals surface area contributed by atoms with Crippen LogP contribution < -0.4 is 5.32 Å². The Hall–Kier alpha value is -1.55. The molecule has 33 heavy (non-hydrogen) atoms. The number of rotatable bonds is 5. The lowest BCUT2D eigenvalue weighted by Gasteiger charge is -2.42. The number of benzene rings is 1. The van der Waals surface area contributed by atoms with Crippen molar-refractivity contribution in [1.82, 2.24) is 9.97 Å². The van der Waals surface area contributed by atoms with Gasteiger partial charge in [0, 0.05) is 22.3 Å². The molecule has 3 aliphatic rings. The summed E-state index contributed by atoms with van der Waals surface area (Å²) in [7, 11) is -3.66. The fraction of sp³-hybridized carbons (Fsp3) is 0.565. The first kappa shape index (κ1) is 23.2. The number of hydrogen-bond acceptors (Lipinski definition) is 7. The summed E-state index contributed by atoms with van der Waals surface area (Å²) in [5.74, 6) is 2.61. The summed E-state index contributed by atoms with van der Waals surface area (Å²) in [6.45, 7) is -0.00623.